The predicted molar refractivity (Wildman–Crippen MR) is 115 cm³/mol. The standard InChI is InChI=1S/C23H25N3S/c1-22(2)18-10-11-23(22,3)20(13-18)25-26-21-24-14-19(27-21)17-9-8-15-6-4-5-7-16(15)12-17/h4-9,12,14,18H,10-11,13H2,1-3H3,(H,24,26)/t18-,23+/m0/s1. The Morgan fingerprint density at radius 2 is 1.93 bits per heavy atom. The molecule has 4 heteroatoms. The van der Waals surface area contributed by atoms with E-state index in [0.717, 1.165) is 17.5 Å². The van der Waals surface area contributed by atoms with Crippen LogP contribution in [0.15, 0.2) is 53.8 Å². The van der Waals surface area contributed by atoms with Gasteiger partial charge in [-0.25, -0.2) is 4.98 Å². The Morgan fingerprint density at radius 1 is 1.11 bits per heavy atom. The maximum atomic E-state index is 4.82. The summed E-state index contributed by atoms with van der Waals surface area (Å²) in [6.07, 6.45) is 5.67. The normalized spacial score (nSPS) is 27.5. The Morgan fingerprint density at radius 3 is 2.67 bits per heavy atom. The highest BCUT2D eigenvalue weighted by Crippen LogP contribution is 2.63. The van der Waals surface area contributed by atoms with Gasteiger partial charge in [0.25, 0.3) is 0 Å². The number of fused-ring (bicyclic) bond motifs is 3. The Balaban J connectivity index is 1.38. The van der Waals surface area contributed by atoms with Gasteiger partial charge in [-0.3, -0.25) is 5.43 Å². The van der Waals surface area contributed by atoms with E-state index in [1.54, 1.807) is 11.3 Å². The summed E-state index contributed by atoms with van der Waals surface area (Å²) in [7, 11) is 0. The second-order valence-corrected chi connectivity index (χ2v) is 9.79. The minimum Gasteiger partial charge on any atom is -0.253 e. The number of nitrogens with zero attached hydrogens (tertiary/aromatic N) is 2. The van der Waals surface area contributed by atoms with Crippen LogP contribution < -0.4 is 5.43 Å². The third-order valence-electron chi connectivity index (χ3n) is 7.34. The largest absolute Gasteiger partial charge is 0.253 e. The SMILES string of the molecule is CC1(C)[C@H]2CC[C@]1(C)C(=NNc1ncc(-c3ccc4ccccc4c3)s1)C2. The van der Waals surface area contributed by atoms with E-state index in [0.29, 0.717) is 5.41 Å². The van der Waals surface area contributed by atoms with E-state index >= 15 is 0 Å². The lowest BCUT2D eigenvalue weighted by atomic mass is 9.70. The Kier molecular flexibility index (Phi) is 3.70. The lowest BCUT2D eigenvalue weighted by molar-refractivity contribution is 0.194. The van der Waals surface area contributed by atoms with E-state index in [9.17, 15) is 0 Å². The molecule has 0 saturated heterocycles. The zero-order chi connectivity index (χ0) is 18.6. The molecule has 1 N–H and O–H groups in total. The molecule has 2 aliphatic rings. The summed E-state index contributed by atoms with van der Waals surface area (Å²) in [6.45, 7) is 7.21. The first-order valence-electron chi connectivity index (χ1n) is 9.75. The van der Waals surface area contributed by atoms with E-state index in [1.807, 2.05) is 6.20 Å². The summed E-state index contributed by atoms with van der Waals surface area (Å²) >= 11 is 1.67. The van der Waals surface area contributed by atoms with E-state index in [2.05, 4.69) is 73.6 Å². The average molecular weight is 376 g/mol. The molecule has 3 aromatic rings. The van der Waals surface area contributed by atoms with Gasteiger partial charge in [-0.2, -0.15) is 5.10 Å². The number of aromatic nitrogens is 1. The van der Waals surface area contributed by atoms with Gasteiger partial charge in [0.05, 0.1) is 4.88 Å². The van der Waals surface area contributed by atoms with Crippen LogP contribution in [0.5, 0.6) is 0 Å². The lowest BCUT2D eigenvalue weighted by Gasteiger charge is -2.34. The molecule has 2 bridgehead atoms. The summed E-state index contributed by atoms with van der Waals surface area (Å²) in [6, 6.07) is 15.0. The number of nitrogens with one attached hydrogen (secondary N) is 1. The molecule has 2 atom stereocenters. The van der Waals surface area contributed by atoms with Crippen molar-refractivity contribution < 1.29 is 0 Å². The van der Waals surface area contributed by atoms with Crippen molar-refractivity contribution in [3.63, 3.8) is 0 Å². The van der Waals surface area contributed by atoms with Gasteiger partial charge < -0.3 is 0 Å². The summed E-state index contributed by atoms with van der Waals surface area (Å²) in [5, 5.41) is 8.21. The predicted octanol–water partition coefficient (Wildman–Crippen LogP) is 6.58. The molecule has 3 nitrogen and oxygen atoms in total. The van der Waals surface area contributed by atoms with Gasteiger partial charge in [0.1, 0.15) is 0 Å². The van der Waals surface area contributed by atoms with E-state index in [-0.39, 0.29) is 5.41 Å². The molecule has 1 aromatic heterocycles. The first-order valence-corrected chi connectivity index (χ1v) is 10.6. The Bertz CT molecular complexity index is 1050. The van der Waals surface area contributed by atoms with Crippen molar-refractivity contribution in [2.24, 2.45) is 21.8 Å². The molecule has 2 fully saturated rings. The van der Waals surface area contributed by atoms with Crippen LogP contribution in [0.2, 0.25) is 0 Å². The summed E-state index contributed by atoms with van der Waals surface area (Å²) in [4.78, 5) is 5.72. The molecule has 2 aromatic carbocycles. The minimum absolute atomic E-state index is 0.225. The molecule has 0 amide bonds. The summed E-state index contributed by atoms with van der Waals surface area (Å²) < 4.78 is 0. The summed E-state index contributed by atoms with van der Waals surface area (Å²) in [5.41, 5.74) is 6.37. The molecule has 5 rings (SSSR count). The highest BCUT2D eigenvalue weighted by molar-refractivity contribution is 7.18. The van der Waals surface area contributed by atoms with Gasteiger partial charge in [0.2, 0.25) is 5.13 Å². The molecule has 0 radical (unpaired) electrons. The van der Waals surface area contributed by atoms with Gasteiger partial charge in [-0.15, -0.1) is 0 Å². The van der Waals surface area contributed by atoms with Crippen LogP contribution in [-0.2, 0) is 0 Å². The Hall–Kier alpha value is -2.20. The monoisotopic (exact) mass is 375 g/mol. The number of thiazole rings is 1. The van der Waals surface area contributed by atoms with Crippen LogP contribution in [-0.4, -0.2) is 10.7 Å². The van der Waals surface area contributed by atoms with Gasteiger partial charge in [-0.05, 0) is 53.0 Å². The van der Waals surface area contributed by atoms with Gasteiger partial charge in [-0.1, -0.05) is 68.5 Å². The number of anilines is 1. The minimum atomic E-state index is 0.225. The highest BCUT2D eigenvalue weighted by atomic mass is 32.1. The van der Waals surface area contributed by atoms with Crippen LogP contribution in [0.3, 0.4) is 0 Å². The number of hydrogen-bond acceptors (Lipinski definition) is 4. The number of hydrazone groups is 1. The second-order valence-electron chi connectivity index (χ2n) is 8.76. The van der Waals surface area contributed by atoms with E-state index in [1.165, 1.54) is 39.8 Å². The molecule has 2 saturated carbocycles. The fourth-order valence-corrected chi connectivity index (χ4v) is 5.77. The van der Waals surface area contributed by atoms with Crippen LogP contribution in [0.4, 0.5) is 5.13 Å². The average Bonchev–Trinajstić information content (AvgIpc) is 3.28. The maximum Gasteiger partial charge on any atom is 0.203 e. The molecule has 27 heavy (non-hydrogen) atoms. The number of benzene rings is 2. The molecule has 2 aliphatic carbocycles. The van der Waals surface area contributed by atoms with Gasteiger partial charge in [0.15, 0.2) is 0 Å². The quantitative estimate of drug-likeness (QED) is 0.525. The molecule has 0 unspecified atom stereocenters. The van der Waals surface area contributed by atoms with Gasteiger partial charge >= 0.3 is 0 Å². The van der Waals surface area contributed by atoms with Crippen LogP contribution >= 0.6 is 11.3 Å². The van der Waals surface area contributed by atoms with Crippen LogP contribution in [0, 0.1) is 16.7 Å². The van der Waals surface area contributed by atoms with E-state index in [4.69, 9.17) is 5.10 Å². The Labute approximate surface area is 164 Å². The zero-order valence-electron chi connectivity index (χ0n) is 16.1. The van der Waals surface area contributed by atoms with Crippen molar-refractivity contribution in [1.82, 2.24) is 4.98 Å². The van der Waals surface area contributed by atoms with Gasteiger partial charge in [0, 0.05) is 17.3 Å². The third-order valence-corrected chi connectivity index (χ3v) is 8.29. The van der Waals surface area contributed by atoms with Crippen molar-refractivity contribution >= 4 is 33.0 Å². The molecular weight excluding hydrogens is 350 g/mol. The zero-order valence-corrected chi connectivity index (χ0v) is 16.9. The van der Waals surface area contributed by atoms with E-state index < -0.39 is 0 Å². The van der Waals surface area contributed by atoms with Crippen LogP contribution in [0.1, 0.15) is 40.0 Å². The fraction of sp³-hybridized carbons (Fsp3) is 0.391. The summed E-state index contributed by atoms with van der Waals surface area (Å²) in [5.74, 6) is 0.771. The highest BCUT2D eigenvalue weighted by Gasteiger charge is 2.59. The third kappa shape index (κ3) is 2.53. The van der Waals surface area contributed by atoms with Crippen molar-refractivity contribution in [3.05, 3.63) is 48.7 Å². The smallest absolute Gasteiger partial charge is 0.203 e. The molecule has 1 heterocycles. The first kappa shape index (κ1) is 16.9. The fourth-order valence-electron chi connectivity index (χ4n) is 5.01. The molecule has 0 spiro atoms. The van der Waals surface area contributed by atoms with Crippen molar-refractivity contribution in [1.29, 1.82) is 0 Å². The molecular formula is C23H25N3S. The van der Waals surface area contributed by atoms with Crippen molar-refractivity contribution in [3.8, 4) is 10.4 Å². The van der Waals surface area contributed by atoms with Crippen molar-refractivity contribution in [2.75, 3.05) is 5.43 Å². The molecule has 0 aliphatic heterocycles. The van der Waals surface area contributed by atoms with Crippen LogP contribution in [0.25, 0.3) is 21.2 Å². The lowest BCUT2D eigenvalue weighted by Crippen LogP contribution is -2.32. The molecule has 138 valence electrons. The number of rotatable bonds is 3. The topological polar surface area (TPSA) is 37.3 Å². The maximum absolute atomic E-state index is 4.82. The number of hydrogen-bond donors (Lipinski definition) is 1. The second kappa shape index (κ2) is 5.90. The van der Waals surface area contributed by atoms with Crippen molar-refractivity contribution in [2.45, 2.75) is 40.0 Å². The first-order chi connectivity index (χ1) is 13.0.